The molecule has 1 saturated heterocycles. The third-order valence-electron chi connectivity index (χ3n) is 8.87. The second-order valence-corrected chi connectivity index (χ2v) is 12.2. The number of nitrogens with zero attached hydrogens (tertiary/aromatic N) is 2. The number of aliphatic carboxylic acids is 1. The molecule has 33 heavy (non-hydrogen) atoms. The average Bonchev–Trinajstić information content (AvgIpc) is 3.28. The maximum absolute atomic E-state index is 13.4. The van der Waals surface area contributed by atoms with Crippen molar-refractivity contribution in [2.75, 3.05) is 23.7 Å². The molecule has 7 rings (SSSR count). The Morgan fingerprint density at radius 1 is 1.18 bits per heavy atom. The van der Waals surface area contributed by atoms with Crippen LogP contribution in [0.4, 0.5) is 5.82 Å². The first-order chi connectivity index (χ1) is 15.8. The summed E-state index contributed by atoms with van der Waals surface area (Å²) in [5, 5.41) is 24.3. The highest BCUT2D eigenvalue weighted by atomic mass is 32.2. The van der Waals surface area contributed by atoms with Crippen LogP contribution in [0.1, 0.15) is 55.8 Å². The highest BCUT2D eigenvalue weighted by Crippen LogP contribution is 2.56. The monoisotopic (exact) mass is 471 g/mol. The van der Waals surface area contributed by atoms with Gasteiger partial charge in [0.2, 0.25) is 0 Å². The molecule has 7 atom stereocenters. The molecule has 5 saturated carbocycles. The molecule has 8 heteroatoms. The maximum Gasteiger partial charge on any atom is 0.307 e. The number of carbonyl (C=O) groups excluding carboxylic acids is 1. The first kappa shape index (κ1) is 21.7. The molecule has 0 aromatic carbocycles. The smallest absolute Gasteiger partial charge is 0.307 e. The summed E-state index contributed by atoms with van der Waals surface area (Å²) in [7, 11) is 0. The highest BCUT2D eigenvalue weighted by molar-refractivity contribution is 7.99. The van der Waals surface area contributed by atoms with Crippen LogP contribution >= 0.6 is 11.8 Å². The average molecular weight is 472 g/mol. The number of hydrogen-bond donors (Lipinski definition) is 3. The number of carbonyl (C=O) groups is 2. The number of fused-ring (bicyclic) bond motifs is 1. The number of aliphatic hydroxyl groups is 1. The van der Waals surface area contributed by atoms with Crippen LogP contribution in [0.2, 0.25) is 0 Å². The van der Waals surface area contributed by atoms with Gasteiger partial charge in [-0.1, -0.05) is 6.92 Å². The van der Waals surface area contributed by atoms with Crippen LogP contribution in [0.15, 0.2) is 17.2 Å². The zero-order valence-electron chi connectivity index (χ0n) is 19.1. The lowest BCUT2D eigenvalue weighted by atomic mass is 9.52. The zero-order valence-corrected chi connectivity index (χ0v) is 19.9. The summed E-state index contributed by atoms with van der Waals surface area (Å²) in [6.07, 6.45) is 5.80. The molecular formula is C25H33N3O4S. The first-order valence-electron chi connectivity index (χ1n) is 12.5. The van der Waals surface area contributed by atoms with E-state index in [1.807, 2.05) is 12.1 Å². The summed E-state index contributed by atoms with van der Waals surface area (Å²) >= 11 is 1.62. The van der Waals surface area contributed by atoms with Crippen LogP contribution in [0.25, 0.3) is 0 Å². The third kappa shape index (κ3) is 3.73. The fraction of sp³-hybridized carbons (Fsp3) is 0.720. The number of rotatable bonds is 7. The molecule has 2 heterocycles. The molecule has 1 aromatic heterocycles. The van der Waals surface area contributed by atoms with Gasteiger partial charge in [-0.2, -0.15) is 0 Å². The van der Waals surface area contributed by atoms with Crippen molar-refractivity contribution < 1.29 is 19.8 Å². The van der Waals surface area contributed by atoms with Crippen molar-refractivity contribution in [2.24, 2.45) is 35.5 Å². The Kier molecular flexibility index (Phi) is 5.18. The first-order valence-corrected chi connectivity index (χ1v) is 13.5. The van der Waals surface area contributed by atoms with E-state index in [1.54, 1.807) is 11.8 Å². The van der Waals surface area contributed by atoms with E-state index in [4.69, 9.17) is 4.98 Å². The number of anilines is 1. The molecule has 7 nitrogen and oxygen atoms in total. The van der Waals surface area contributed by atoms with Gasteiger partial charge in [-0.25, -0.2) is 4.98 Å². The second-order valence-electron chi connectivity index (χ2n) is 11.2. The van der Waals surface area contributed by atoms with Gasteiger partial charge in [0.25, 0.3) is 5.91 Å². The van der Waals surface area contributed by atoms with E-state index in [-0.39, 0.29) is 29.7 Å². The van der Waals surface area contributed by atoms with Crippen LogP contribution in [0.5, 0.6) is 0 Å². The SMILES string of the molecule is CCCSc1nc(N2CC3C(C2)C3C(=O)O)ccc1C(=O)NC1C2CC3C[C@@H]1CC(O)(C3)C2. The van der Waals surface area contributed by atoms with Crippen molar-refractivity contribution in [2.45, 2.75) is 62.1 Å². The second kappa shape index (κ2) is 7.87. The van der Waals surface area contributed by atoms with Crippen LogP contribution in [0.3, 0.4) is 0 Å². The van der Waals surface area contributed by atoms with Gasteiger partial charge in [-0.15, -0.1) is 11.8 Å². The van der Waals surface area contributed by atoms with Gasteiger partial charge < -0.3 is 20.4 Å². The summed E-state index contributed by atoms with van der Waals surface area (Å²) < 4.78 is 0. The molecule has 0 spiro atoms. The van der Waals surface area contributed by atoms with Gasteiger partial charge in [-0.05, 0) is 86.0 Å². The van der Waals surface area contributed by atoms with Gasteiger partial charge in [-0.3, -0.25) is 9.59 Å². The highest BCUT2D eigenvalue weighted by Gasteiger charge is 2.60. The Balaban J connectivity index is 1.18. The lowest BCUT2D eigenvalue weighted by Gasteiger charge is -2.58. The van der Waals surface area contributed by atoms with Crippen LogP contribution in [-0.2, 0) is 4.79 Å². The number of nitrogens with one attached hydrogen (secondary N) is 1. The Morgan fingerprint density at radius 3 is 2.48 bits per heavy atom. The molecular weight excluding hydrogens is 438 g/mol. The van der Waals surface area contributed by atoms with Gasteiger partial charge in [0.15, 0.2) is 0 Å². The number of carboxylic acid groups (broad SMARTS) is 1. The zero-order chi connectivity index (χ0) is 22.9. The Morgan fingerprint density at radius 2 is 1.88 bits per heavy atom. The lowest BCUT2D eigenvalue weighted by Crippen LogP contribution is -2.61. The van der Waals surface area contributed by atoms with E-state index in [0.717, 1.165) is 68.2 Å². The van der Waals surface area contributed by atoms with Crippen molar-refractivity contribution in [1.29, 1.82) is 0 Å². The van der Waals surface area contributed by atoms with E-state index in [1.165, 1.54) is 0 Å². The number of hydrogen-bond acceptors (Lipinski definition) is 6. The molecule has 4 bridgehead atoms. The fourth-order valence-electron chi connectivity index (χ4n) is 7.61. The number of amides is 1. The van der Waals surface area contributed by atoms with E-state index < -0.39 is 11.6 Å². The van der Waals surface area contributed by atoms with Crippen LogP contribution in [0, 0.1) is 35.5 Å². The third-order valence-corrected chi connectivity index (χ3v) is 10.1. The Hall–Kier alpha value is -1.80. The Labute approximate surface area is 198 Å². The molecule has 1 aliphatic heterocycles. The molecule has 1 aromatic rings. The molecule has 6 unspecified atom stereocenters. The lowest BCUT2D eigenvalue weighted by molar-refractivity contribution is -0.139. The maximum atomic E-state index is 13.4. The van der Waals surface area contributed by atoms with E-state index in [0.29, 0.717) is 23.3 Å². The number of aromatic nitrogens is 1. The molecule has 6 aliphatic rings. The van der Waals surface area contributed by atoms with Gasteiger partial charge >= 0.3 is 5.97 Å². The normalized spacial score (nSPS) is 40.1. The van der Waals surface area contributed by atoms with Crippen molar-refractivity contribution in [3.05, 3.63) is 17.7 Å². The minimum absolute atomic E-state index is 0.0488. The summed E-state index contributed by atoms with van der Waals surface area (Å²) in [5.74, 6) is 2.64. The molecule has 178 valence electrons. The molecule has 1 amide bonds. The van der Waals surface area contributed by atoms with Crippen molar-refractivity contribution in [3.8, 4) is 0 Å². The summed E-state index contributed by atoms with van der Waals surface area (Å²) in [5.41, 5.74) is 0.136. The quantitative estimate of drug-likeness (QED) is 0.525. The minimum atomic E-state index is -0.680. The summed E-state index contributed by atoms with van der Waals surface area (Å²) in [6.45, 7) is 3.58. The molecule has 3 N–H and O–H groups in total. The number of thioether (sulfide) groups is 1. The van der Waals surface area contributed by atoms with Crippen molar-refractivity contribution in [1.82, 2.24) is 10.3 Å². The van der Waals surface area contributed by atoms with Crippen LogP contribution in [-0.4, -0.2) is 57.6 Å². The number of piperidine rings is 1. The standard InChI is InChI=1S/C25H33N3O4S/c1-2-5-33-23-16(3-4-19(26-23)28-11-17-18(12-28)20(17)24(30)31)22(29)27-21-14-6-13-7-15(21)10-25(32,8-13)9-14/h3-4,13-15,17-18,20-21,32H,2,5-12H2,1H3,(H,27,29)(H,30,31)/t13?,14-,15?,17?,18?,20?,21?,25?/m1/s1. The topological polar surface area (TPSA) is 103 Å². The van der Waals surface area contributed by atoms with Gasteiger partial charge in [0.1, 0.15) is 10.8 Å². The fourth-order valence-corrected chi connectivity index (χ4v) is 8.49. The van der Waals surface area contributed by atoms with E-state index in [9.17, 15) is 19.8 Å². The number of pyridine rings is 1. The predicted octanol–water partition coefficient (Wildman–Crippen LogP) is 3.02. The molecule has 6 fully saturated rings. The number of carboxylic acids is 1. The van der Waals surface area contributed by atoms with Crippen molar-refractivity contribution >= 4 is 29.5 Å². The summed E-state index contributed by atoms with van der Waals surface area (Å²) in [6, 6.07) is 3.97. The molecule has 0 radical (unpaired) electrons. The molecule has 5 aliphatic carbocycles. The van der Waals surface area contributed by atoms with E-state index in [2.05, 4.69) is 17.1 Å². The van der Waals surface area contributed by atoms with Crippen molar-refractivity contribution in [3.63, 3.8) is 0 Å². The van der Waals surface area contributed by atoms with Crippen LogP contribution < -0.4 is 10.2 Å². The minimum Gasteiger partial charge on any atom is -0.481 e. The largest absolute Gasteiger partial charge is 0.481 e. The van der Waals surface area contributed by atoms with Gasteiger partial charge in [0, 0.05) is 19.1 Å². The predicted molar refractivity (Wildman–Crippen MR) is 125 cm³/mol. The Bertz CT molecular complexity index is 958. The van der Waals surface area contributed by atoms with Gasteiger partial charge in [0.05, 0.1) is 17.1 Å². The summed E-state index contributed by atoms with van der Waals surface area (Å²) in [4.78, 5) is 31.7. The van der Waals surface area contributed by atoms with E-state index >= 15 is 0 Å².